The molecule has 1 aliphatic rings. The molecule has 3 nitrogen and oxygen atoms in total. The molecular formula is C11H19NO2S. The minimum absolute atomic E-state index is 0.576. The topological polar surface area (TPSA) is 49.3 Å². The number of rotatable bonds is 5. The van der Waals surface area contributed by atoms with E-state index in [1.165, 1.54) is 31.8 Å². The van der Waals surface area contributed by atoms with Gasteiger partial charge >= 0.3 is 5.97 Å². The number of carboxylic acids is 1. The van der Waals surface area contributed by atoms with E-state index in [9.17, 15) is 4.79 Å². The largest absolute Gasteiger partial charge is 0.478 e. The van der Waals surface area contributed by atoms with Crippen LogP contribution in [-0.4, -0.2) is 35.2 Å². The minimum atomic E-state index is -0.872. The van der Waals surface area contributed by atoms with Crippen LogP contribution in [0.2, 0.25) is 0 Å². The van der Waals surface area contributed by atoms with Crippen LogP contribution >= 0.6 is 11.8 Å². The smallest absolute Gasteiger partial charge is 0.328 e. The molecule has 1 rings (SSSR count). The van der Waals surface area contributed by atoms with Gasteiger partial charge in [-0.05, 0) is 31.9 Å². The third-order valence-corrected chi connectivity index (χ3v) is 3.93. The average Bonchev–Trinajstić information content (AvgIpc) is 2.25. The lowest BCUT2D eigenvalue weighted by molar-refractivity contribution is -0.131. The van der Waals surface area contributed by atoms with Gasteiger partial charge in [0.15, 0.2) is 0 Å². The quantitative estimate of drug-likeness (QED) is 0.707. The van der Waals surface area contributed by atoms with E-state index in [2.05, 4.69) is 11.6 Å². The van der Waals surface area contributed by atoms with E-state index < -0.39 is 5.97 Å². The summed E-state index contributed by atoms with van der Waals surface area (Å²) in [6.07, 6.45) is 10.0. The van der Waals surface area contributed by atoms with Crippen molar-refractivity contribution in [2.45, 2.75) is 37.0 Å². The van der Waals surface area contributed by atoms with Crippen LogP contribution in [-0.2, 0) is 4.79 Å². The van der Waals surface area contributed by atoms with Crippen LogP contribution in [0.4, 0.5) is 0 Å². The van der Waals surface area contributed by atoms with Crippen molar-refractivity contribution in [3.05, 3.63) is 12.2 Å². The second kappa shape index (κ2) is 6.90. The molecule has 0 unspecified atom stereocenters. The Hall–Kier alpha value is -0.480. The first-order valence-electron chi connectivity index (χ1n) is 5.38. The van der Waals surface area contributed by atoms with E-state index in [1.807, 2.05) is 11.8 Å². The fourth-order valence-electron chi connectivity index (χ4n) is 1.90. The molecule has 1 fully saturated rings. The van der Waals surface area contributed by atoms with Crippen LogP contribution in [0.25, 0.3) is 0 Å². The maximum absolute atomic E-state index is 10.2. The molecule has 0 aromatic carbocycles. The Balaban J connectivity index is 2.11. The van der Waals surface area contributed by atoms with E-state index in [-0.39, 0.29) is 0 Å². The third kappa shape index (κ3) is 5.23. The highest BCUT2D eigenvalue weighted by molar-refractivity contribution is 7.99. The molecule has 0 radical (unpaired) electrons. The van der Waals surface area contributed by atoms with Crippen LogP contribution in [0.3, 0.4) is 0 Å². The van der Waals surface area contributed by atoms with Gasteiger partial charge < -0.3 is 10.4 Å². The zero-order valence-corrected chi connectivity index (χ0v) is 9.93. The fourth-order valence-corrected chi connectivity index (χ4v) is 2.64. The minimum Gasteiger partial charge on any atom is -0.478 e. The highest BCUT2D eigenvalue weighted by atomic mass is 32.2. The third-order valence-electron chi connectivity index (χ3n) is 2.79. The standard InChI is InChI=1S/C11H19NO2S/c1-15-10-6-4-9(5-7-10)12-8-2-3-11(13)14/h2-3,9-10,12H,4-8H2,1H3,(H,13,14)/b3-2+. The number of carboxylic acid groups (broad SMARTS) is 1. The summed E-state index contributed by atoms with van der Waals surface area (Å²) in [5, 5.41) is 12.6. The van der Waals surface area contributed by atoms with Gasteiger partial charge in [-0.2, -0.15) is 11.8 Å². The molecule has 0 bridgehead atoms. The van der Waals surface area contributed by atoms with Crippen molar-refractivity contribution < 1.29 is 9.90 Å². The Labute approximate surface area is 95.3 Å². The van der Waals surface area contributed by atoms with Crippen molar-refractivity contribution in [1.82, 2.24) is 5.32 Å². The zero-order valence-electron chi connectivity index (χ0n) is 9.11. The SMILES string of the molecule is CSC1CCC(NC/C=C/C(=O)O)CC1. The molecule has 1 saturated carbocycles. The zero-order chi connectivity index (χ0) is 11.1. The Morgan fingerprint density at radius 3 is 2.67 bits per heavy atom. The summed E-state index contributed by atoms with van der Waals surface area (Å²) >= 11 is 1.96. The number of nitrogens with one attached hydrogen (secondary N) is 1. The van der Waals surface area contributed by atoms with E-state index in [0.29, 0.717) is 12.6 Å². The highest BCUT2D eigenvalue weighted by Gasteiger charge is 2.19. The van der Waals surface area contributed by atoms with Crippen molar-refractivity contribution in [1.29, 1.82) is 0 Å². The second-order valence-electron chi connectivity index (χ2n) is 3.86. The lowest BCUT2D eigenvalue weighted by Gasteiger charge is -2.27. The molecule has 0 aliphatic heterocycles. The first kappa shape index (κ1) is 12.6. The van der Waals surface area contributed by atoms with Crippen molar-refractivity contribution in [2.75, 3.05) is 12.8 Å². The van der Waals surface area contributed by atoms with Crippen molar-refractivity contribution in [3.8, 4) is 0 Å². The van der Waals surface area contributed by atoms with E-state index in [0.717, 1.165) is 5.25 Å². The van der Waals surface area contributed by atoms with Gasteiger partial charge in [0.2, 0.25) is 0 Å². The number of hydrogen-bond donors (Lipinski definition) is 2. The Morgan fingerprint density at radius 1 is 1.47 bits per heavy atom. The van der Waals surface area contributed by atoms with Gasteiger partial charge in [0.05, 0.1) is 0 Å². The average molecular weight is 229 g/mol. The molecule has 0 saturated heterocycles. The summed E-state index contributed by atoms with van der Waals surface area (Å²) in [7, 11) is 0. The summed E-state index contributed by atoms with van der Waals surface area (Å²) in [5.41, 5.74) is 0. The van der Waals surface area contributed by atoms with Gasteiger partial charge in [-0.1, -0.05) is 6.08 Å². The lowest BCUT2D eigenvalue weighted by Crippen LogP contribution is -2.33. The molecular weight excluding hydrogens is 210 g/mol. The van der Waals surface area contributed by atoms with Crippen molar-refractivity contribution in [3.63, 3.8) is 0 Å². The molecule has 15 heavy (non-hydrogen) atoms. The van der Waals surface area contributed by atoms with Gasteiger partial charge in [0.1, 0.15) is 0 Å². The molecule has 86 valence electrons. The van der Waals surface area contributed by atoms with E-state index in [1.54, 1.807) is 6.08 Å². The molecule has 0 aromatic heterocycles. The van der Waals surface area contributed by atoms with Crippen molar-refractivity contribution >= 4 is 17.7 Å². The van der Waals surface area contributed by atoms with Gasteiger partial charge in [0, 0.05) is 23.9 Å². The second-order valence-corrected chi connectivity index (χ2v) is 5.00. The number of aliphatic carboxylic acids is 1. The maximum atomic E-state index is 10.2. The van der Waals surface area contributed by atoms with E-state index >= 15 is 0 Å². The summed E-state index contributed by atoms with van der Waals surface area (Å²) in [4.78, 5) is 10.2. The number of hydrogen-bond acceptors (Lipinski definition) is 3. The molecule has 2 N–H and O–H groups in total. The first-order valence-corrected chi connectivity index (χ1v) is 6.67. The van der Waals surface area contributed by atoms with Crippen LogP contribution in [0.15, 0.2) is 12.2 Å². The predicted octanol–water partition coefficient (Wildman–Crippen LogP) is 1.89. The summed E-state index contributed by atoms with van der Waals surface area (Å²) < 4.78 is 0. The lowest BCUT2D eigenvalue weighted by atomic mass is 9.95. The monoisotopic (exact) mass is 229 g/mol. The summed E-state index contributed by atoms with van der Waals surface area (Å²) in [6.45, 7) is 0.668. The molecule has 4 heteroatoms. The van der Waals surface area contributed by atoms with Crippen LogP contribution < -0.4 is 5.32 Å². The maximum Gasteiger partial charge on any atom is 0.328 e. The summed E-state index contributed by atoms with van der Waals surface area (Å²) in [6, 6.07) is 0.576. The van der Waals surface area contributed by atoms with Gasteiger partial charge in [-0.25, -0.2) is 4.79 Å². The van der Waals surface area contributed by atoms with Crippen LogP contribution in [0.1, 0.15) is 25.7 Å². The molecule has 0 aromatic rings. The molecule has 0 heterocycles. The van der Waals surface area contributed by atoms with E-state index in [4.69, 9.17) is 5.11 Å². The highest BCUT2D eigenvalue weighted by Crippen LogP contribution is 2.26. The summed E-state index contributed by atoms with van der Waals surface area (Å²) in [5.74, 6) is -0.872. The van der Waals surface area contributed by atoms with Gasteiger partial charge in [0.25, 0.3) is 0 Å². The predicted molar refractivity (Wildman–Crippen MR) is 64.3 cm³/mol. The van der Waals surface area contributed by atoms with Gasteiger partial charge in [-0.3, -0.25) is 0 Å². The van der Waals surface area contributed by atoms with Crippen molar-refractivity contribution in [2.24, 2.45) is 0 Å². The molecule has 0 spiro atoms. The fraction of sp³-hybridized carbons (Fsp3) is 0.727. The number of thioether (sulfide) groups is 1. The molecule has 0 amide bonds. The Bertz CT molecular complexity index is 223. The molecule has 1 aliphatic carbocycles. The number of carbonyl (C=O) groups is 1. The Kier molecular flexibility index (Phi) is 5.79. The first-order chi connectivity index (χ1) is 7.22. The Morgan fingerprint density at radius 2 is 2.13 bits per heavy atom. The molecule has 0 atom stereocenters. The van der Waals surface area contributed by atoms with Crippen LogP contribution in [0, 0.1) is 0 Å². The van der Waals surface area contributed by atoms with Gasteiger partial charge in [-0.15, -0.1) is 0 Å². The normalized spacial score (nSPS) is 27.0. The van der Waals surface area contributed by atoms with Crippen LogP contribution in [0.5, 0.6) is 0 Å².